The van der Waals surface area contributed by atoms with Crippen molar-refractivity contribution >= 4 is 32.5 Å². The Morgan fingerprint density at radius 1 is 1.00 bits per heavy atom. The molecule has 3 aromatic rings. The van der Waals surface area contributed by atoms with Gasteiger partial charge in [0.05, 0.1) is 5.02 Å². The van der Waals surface area contributed by atoms with Gasteiger partial charge in [0.2, 0.25) is 10.0 Å². The molecule has 6 heteroatoms. The Kier molecular flexibility index (Phi) is 4.55. The lowest BCUT2D eigenvalue weighted by molar-refractivity contribution is 0.320. The second kappa shape index (κ2) is 6.72. The number of fused-ring (bicyclic) bond motifs is 1. The second-order valence-electron chi connectivity index (χ2n) is 6.82. The quantitative estimate of drug-likeness (QED) is 0.667. The number of aromatic nitrogens is 1. The Balaban J connectivity index is 1.57. The third-order valence-electron chi connectivity index (χ3n) is 5.28. The van der Waals surface area contributed by atoms with Crippen LogP contribution in [0.3, 0.4) is 0 Å². The van der Waals surface area contributed by atoms with E-state index in [0.29, 0.717) is 19.0 Å². The summed E-state index contributed by atoms with van der Waals surface area (Å²) in [7, 11) is -1.48. The summed E-state index contributed by atoms with van der Waals surface area (Å²) < 4.78 is 29.5. The number of benzene rings is 2. The third-order valence-corrected chi connectivity index (χ3v) is 7.67. The van der Waals surface area contributed by atoms with Gasteiger partial charge < -0.3 is 4.57 Å². The van der Waals surface area contributed by atoms with Crippen LogP contribution in [0.15, 0.2) is 59.6 Å². The maximum absolute atomic E-state index is 12.9. The Morgan fingerprint density at radius 2 is 1.65 bits per heavy atom. The molecule has 0 bridgehead atoms. The number of sulfonamides is 1. The van der Waals surface area contributed by atoms with E-state index in [4.69, 9.17) is 11.6 Å². The number of aryl methyl sites for hydroxylation is 1. The summed E-state index contributed by atoms with van der Waals surface area (Å²) in [6, 6.07) is 15.0. The highest BCUT2D eigenvalue weighted by Gasteiger charge is 2.32. The van der Waals surface area contributed by atoms with Gasteiger partial charge in [-0.05, 0) is 42.5 Å². The molecule has 0 spiro atoms. The fourth-order valence-electron chi connectivity index (χ4n) is 3.90. The van der Waals surface area contributed by atoms with Crippen molar-refractivity contribution in [3.8, 4) is 0 Å². The van der Waals surface area contributed by atoms with Gasteiger partial charge >= 0.3 is 0 Å². The fourth-order valence-corrected chi connectivity index (χ4v) is 5.86. The first kappa shape index (κ1) is 17.6. The van der Waals surface area contributed by atoms with Crippen LogP contribution in [0.2, 0.25) is 5.02 Å². The number of rotatable bonds is 3. The largest absolute Gasteiger partial charge is 0.350 e. The van der Waals surface area contributed by atoms with Gasteiger partial charge in [-0.1, -0.05) is 41.9 Å². The molecule has 2 heterocycles. The number of halogens is 1. The minimum atomic E-state index is -3.54. The zero-order valence-corrected chi connectivity index (χ0v) is 16.2. The van der Waals surface area contributed by atoms with Crippen LogP contribution < -0.4 is 0 Å². The maximum atomic E-state index is 12.9. The highest BCUT2D eigenvalue weighted by molar-refractivity contribution is 7.89. The van der Waals surface area contributed by atoms with E-state index in [1.807, 2.05) is 6.07 Å². The molecule has 0 aliphatic carbocycles. The summed E-state index contributed by atoms with van der Waals surface area (Å²) in [4.78, 5) is 0.199. The molecule has 26 heavy (non-hydrogen) atoms. The first-order valence-electron chi connectivity index (χ1n) is 8.77. The molecule has 0 atom stereocenters. The van der Waals surface area contributed by atoms with E-state index in [1.54, 1.807) is 28.6 Å². The molecule has 0 unspecified atom stereocenters. The number of hydrogen-bond acceptors (Lipinski definition) is 2. The van der Waals surface area contributed by atoms with Gasteiger partial charge in [-0.2, -0.15) is 4.31 Å². The van der Waals surface area contributed by atoms with Crippen LogP contribution in [0.5, 0.6) is 0 Å². The lowest BCUT2D eigenvalue weighted by Gasteiger charge is -2.31. The smallest absolute Gasteiger partial charge is 0.244 e. The molecule has 4 nitrogen and oxygen atoms in total. The van der Waals surface area contributed by atoms with Crippen molar-refractivity contribution in [3.63, 3.8) is 0 Å². The van der Waals surface area contributed by atoms with Crippen molar-refractivity contribution in [2.24, 2.45) is 7.05 Å². The topological polar surface area (TPSA) is 42.3 Å². The maximum Gasteiger partial charge on any atom is 0.244 e. The number of hydrogen-bond donors (Lipinski definition) is 0. The van der Waals surface area contributed by atoms with Gasteiger partial charge in [0.15, 0.2) is 0 Å². The molecule has 1 aromatic heterocycles. The van der Waals surface area contributed by atoms with Crippen molar-refractivity contribution < 1.29 is 8.42 Å². The summed E-state index contributed by atoms with van der Waals surface area (Å²) >= 11 is 6.11. The van der Waals surface area contributed by atoms with Crippen LogP contribution in [-0.2, 0) is 17.1 Å². The number of nitrogens with zero attached hydrogens (tertiary/aromatic N) is 2. The van der Waals surface area contributed by atoms with E-state index in [1.165, 1.54) is 16.5 Å². The molecule has 0 radical (unpaired) electrons. The zero-order chi connectivity index (χ0) is 18.3. The Bertz CT molecular complexity index is 1050. The van der Waals surface area contributed by atoms with E-state index in [2.05, 4.69) is 36.0 Å². The predicted molar refractivity (Wildman–Crippen MR) is 105 cm³/mol. The van der Waals surface area contributed by atoms with Gasteiger partial charge in [0.1, 0.15) is 4.90 Å². The molecule has 136 valence electrons. The Labute approximate surface area is 159 Å². The zero-order valence-electron chi connectivity index (χ0n) is 14.6. The Hall–Kier alpha value is -1.82. The van der Waals surface area contributed by atoms with E-state index in [-0.39, 0.29) is 9.92 Å². The van der Waals surface area contributed by atoms with Gasteiger partial charge in [0.25, 0.3) is 0 Å². The van der Waals surface area contributed by atoms with Crippen LogP contribution >= 0.6 is 11.6 Å². The first-order valence-corrected chi connectivity index (χ1v) is 10.6. The normalized spacial score (nSPS) is 17.0. The molecule has 1 saturated heterocycles. The second-order valence-corrected chi connectivity index (χ2v) is 9.13. The van der Waals surface area contributed by atoms with Crippen molar-refractivity contribution in [1.82, 2.24) is 8.87 Å². The average molecular weight is 389 g/mol. The molecule has 0 saturated carbocycles. The fraction of sp³-hybridized carbons (Fsp3) is 0.300. The molecule has 0 amide bonds. The van der Waals surface area contributed by atoms with E-state index in [9.17, 15) is 8.42 Å². The third kappa shape index (κ3) is 2.94. The standard InChI is InChI=1S/C20H21ClN2O2S/c1-22-14-17(16-6-2-4-8-19(16)22)15-10-12-23(13-11-15)26(24,25)20-9-5-3-7-18(20)21/h2-9,14-15H,10-13H2,1H3. The molecular weight excluding hydrogens is 368 g/mol. The summed E-state index contributed by atoms with van der Waals surface area (Å²) in [5.41, 5.74) is 2.53. The first-order chi connectivity index (χ1) is 12.5. The van der Waals surface area contributed by atoms with Crippen molar-refractivity contribution in [3.05, 3.63) is 65.3 Å². The highest BCUT2D eigenvalue weighted by Crippen LogP contribution is 2.36. The van der Waals surface area contributed by atoms with Crippen LogP contribution in [-0.4, -0.2) is 30.4 Å². The Morgan fingerprint density at radius 3 is 2.38 bits per heavy atom. The van der Waals surface area contributed by atoms with Crippen LogP contribution in [0.1, 0.15) is 24.3 Å². The van der Waals surface area contributed by atoms with Gasteiger partial charge in [0, 0.05) is 37.2 Å². The summed E-state index contributed by atoms with van der Waals surface area (Å²) in [6.45, 7) is 1.03. The SMILES string of the molecule is Cn1cc(C2CCN(S(=O)(=O)c3ccccc3Cl)CC2)c2ccccc21. The van der Waals surface area contributed by atoms with E-state index < -0.39 is 10.0 Å². The van der Waals surface area contributed by atoms with Crippen molar-refractivity contribution in [2.75, 3.05) is 13.1 Å². The molecular formula is C20H21ClN2O2S. The molecule has 1 aliphatic rings. The monoisotopic (exact) mass is 388 g/mol. The van der Waals surface area contributed by atoms with Crippen molar-refractivity contribution in [2.45, 2.75) is 23.7 Å². The van der Waals surface area contributed by atoms with Crippen LogP contribution in [0, 0.1) is 0 Å². The number of para-hydroxylation sites is 1. The summed E-state index contributed by atoms with van der Waals surface area (Å²) in [5.74, 6) is 0.374. The lowest BCUT2D eigenvalue weighted by Crippen LogP contribution is -2.38. The lowest BCUT2D eigenvalue weighted by atomic mass is 9.90. The number of piperidine rings is 1. The molecule has 2 aromatic carbocycles. The molecule has 1 fully saturated rings. The van der Waals surface area contributed by atoms with Gasteiger partial charge in [-0.25, -0.2) is 8.42 Å². The molecule has 0 N–H and O–H groups in total. The summed E-state index contributed by atoms with van der Waals surface area (Å²) in [6.07, 6.45) is 3.82. The minimum absolute atomic E-state index is 0.199. The molecule has 4 rings (SSSR count). The minimum Gasteiger partial charge on any atom is -0.350 e. The van der Waals surface area contributed by atoms with Crippen molar-refractivity contribution in [1.29, 1.82) is 0 Å². The van der Waals surface area contributed by atoms with Crippen LogP contribution in [0.4, 0.5) is 0 Å². The predicted octanol–water partition coefficient (Wildman–Crippen LogP) is 4.40. The van der Waals surface area contributed by atoms with Gasteiger partial charge in [-0.15, -0.1) is 0 Å². The van der Waals surface area contributed by atoms with E-state index >= 15 is 0 Å². The highest BCUT2D eigenvalue weighted by atomic mass is 35.5. The van der Waals surface area contributed by atoms with Gasteiger partial charge in [-0.3, -0.25) is 0 Å². The average Bonchev–Trinajstić information content (AvgIpc) is 2.99. The van der Waals surface area contributed by atoms with E-state index in [0.717, 1.165) is 12.8 Å². The van der Waals surface area contributed by atoms with Crippen LogP contribution in [0.25, 0.3) is 10.9 Å². The summed E-state index contributed by atoms with van der Waals surface area (Å²) in [5, 5.41) is 1.55. The molecule has 1 aliphatic heterocycles.